The lowest BCUT2D eigenvalue weighted by Gasteiger charge is -2.11. The number of ether oxygens (including phenoxy) is 1. The number of para-hydroxylation sites is 1. The van der Waals surface area contributed by atoms with Crippen LogP contribution in [0.15, 0.2) is 65.5 Å². The van der Waals surface area contributed by atoms with Crippen molar-refractivity contribution in [1.29, 1.82) is 0 Å². The summed E-state index contributed by atoms with van der Waals surface area (Å²) in [6, 6.07) is 18.8. The lowest BCUT2D eigenvalue weighted by atomic mass is 9.98. The van der Waals surface area contributed by atoms with Gasteiger partial charge in [-0.15, -0.1) is 0 Å². The predicted molar refractivity (Wildman–Crippen MR) is 115 cm³/mol. The van der Waals surface area contributed by atoms with Gasteiger partial charge >= 0.3 is 5.97 Å². The van der Waals surface area contributed by atoms with E-state index in [1.54, 1.807) is 18.7 Å². The van der Waals surface area contributed by atoms with Crippen LogP contribution in [-0.2, 0) is 21.4 Å². The van der Waals surface area contributed by atoms with E-state index in [-0.39, 0.29) is 23.6 Å². The van der Waals surface area contributed by atoms with E-state index < -0.39 is 18.5 Å². The maximum atomic E-state index is 12.8. The molecule has 1 aromatic heterocycles. The highest BCUT2D eigenvalue weighted by molar-refractivity contribution is 5.93. The van der Waals surface area contributed by atoms with Crippen LogP contribution in [0, 0.1) is 6.92 Å². The Kier molecular flexibility index (Phi) is 6.51. The Balaban J connectivity index is 1.62. The number of hydrogen-bond donors (Lipinski definition) is 1. The zero-order chi connectivity index (χ0) is 21.7. The van der Waals surface area contributed by atoms with Crippen molar-refractivity contribution in [3.63, 3.8) is 0 Å². The molecule has 1 heterocycles. The quantitative estimate of drug-likeness (QED) is 0.610. The Morgan fingerprint density at radius 2 is 1.63 bits per heavy atom. The summed E-state index contributed by atoms with van der Waals surface area (Å²) in [4.78, 5) is 37.2. The molecule has 3 aromatic rings. The molecule has 0 spiro atoms. The Hall–Kier alpha value is -3.61. The van der Waals surface area contributed by atoms with Crippen LogP contribution in [0.5, 0.6) is 0 Å². The van der Waals surface area contributed by atoms with Crippen molar-refractivity contribution < 1.29 is 14.3 Å². The summed E-state index contributed by atoms with van der Waals surface area (Å²) in [5.74, 6) is -1.04. The topological polar surface area (TPSA) is 82.3 Å². The summed E-state index contributed by atoms with van der Waals surface area (Å²) in [7, 11) is 1.74. The third kappa shape index (κ3) is 4.68. The Morgan fingerprint density at radius 3 is 2.27 bits per heavy atom. The van der Waals surface area contributed by atoms with Crippen molar-refractivity contribution in [2.24, 2.45) is 7.05 Å². The zero-order valence-corrected chi connectivity index (χ0v) is 17.3. The molecule has 0 saturated carbocycles. The fraction of sp³-hybridized carbons (Fsp3) is 0.261. The standard InChI is InChI=1S/C23H25N3O4/c1-16(18-10-6-4-7-11-18)14-21(28)30-15-20(27)24-22-17(2)25(3)26(23(22)29)19-12-8-5-9-13-19/h4-13,16H,14-15H2,1-3H3,(H,24,27). The van der Waals surface area contributed by atoms with Crippen molar-refractivity contribution in [2.75, 3.05) is 11.9 Å². The van der Waals surface area contributed by atoms with Crippen LogP contribution in [0.2, 0.25) is 0 Å². The van der Waals surface area contributed by atoms with E-state index in [1.807, 2.05) is 67.6 Å². The van der Waals surface area contributed by atoms with Crippen LogP contribution < -0.4 is 10.9 Å². The highest BCUT2D eigenvalue weighted by Gasteiger charge is 2.19. The maximum absolute atomic E-state index is 12.8. The highest BCUT2D eigenvalue weighted by atomic mass is 16.5. The number of hydrogen-bond acceptors (Lipinski definition) is 4. The second-order valence-electron chi connectivity index (χ2n) is 7.16. The third-order valence-corrected chi connectivity index (χ3v) is 5.02. The second kappa shape index (κ2) is 9.26. The molecule has 1 atom stereocenters. The van der Waals surface area contributed by atoms with Crippen molar-refractivity contribution in [1.82, 2.24) is 9.36 Å². The summed E-state index contributed by atoms with van der Waals surface area (Å²) in [5.41, 5.74) is 2.13. The van der Waals surface area contributed by atoms with Gasteiger partial charge in [0.15, 0.2) is 6.61 Å². The molecule has 2 aromatic carbocycles. The van der Waals surface area contributed by atoms with Crippen molar-refractivity contribution in [2.45, 2.75) is 26.2 Å². The number of benzene rings is 2. The van der Waals surface area contributed by atoms with Gasteiger partial charge in [-0.2, -0.15) is 0 Å². The van der Waals surface area contributed by atoms with E-state index in [4.69, 9.17) is 4.74 Å². The molecule has 0 radical (unpaired) electrons. The van der Waals surface area contributed by atoms with E-state index in [0.717, 1.165) is 5.56 Å². The molecule has 1 N–H and O–H groups in total. The summed E-state index contributed by atoms with van der Waals surface area (Å²) < 4.78 is 8.24. The van der Waals surface area contributed by atoms with Crippen molar-refractivity contribution >= 4 is 17.6 Å². The first-order chi connectivity index (χ1) is 14.4. The number of aromatic nitrogens is 2. The molecule has 0 aliphatic rings. The van der Waals surface area contributed by atoms with Crippen molar-refractivity contribution in [3.8, 4) is 5.69 Å². The molecule has 156 valence electrons. The molecule has 0 saturated heterocycles. The number of carbonyl (C=O) groups is 2. The molecule has 3 rings (SSSR count). The molecule has 7 heteroatoms. The smallest absolute Gasteiger partial charge is 0.306 e. The monoisotopic (exact) mass is 407 g/mol. The van der Waals surface area contributed by atoms with E-state index in [2.05, 4.69) is 5.32 Å². The molecule has 30 heavy (non-hydrogen) atoms. The number of carbonyl (C=O) groups excluding carboxylic acids is 2. The van der Waals surface area contributed by atoms with Crippen LogP contribution in [0.1, 0.15) is 30.5 Å². The SMILES string of the molecule is Cc1c(NC(=O)COC(=O)CC(C)c2ccccc2)c(=O)n(-c2ccccc2)n1C. The molecule has 0 bridgehead atoms. The Morgan fingerprint density at radius 1 is 1.03 bits per heavy atom. The van der Waals surface area contributed by atoms with Gasteiger partial charge in [0.1, 0.15) is 5.69 Å². The minimum absolute atomic E-state index is 0.0174. The van der Waals surface area contributed by atoms with E-state index in [1.165, 1.54) is 4.68 Å². The van der Waals surface area contributed by atoms with Gasteiger partial charge in [-0.3, -0.25) is 19.1 Å². The number of amides is 1. The molecular weight excluding hydrogens is 382 g/mol. The van der Waals surface area contributed by atoms with Crippen molar-refractivity contribution in [3.05, 3.63) is 82.3 Å². The van der Waals surface area contributed by atoms with Gasteiger partial charge in [-0.25, -0.2) is 4.68 Å². The zero-order valence-electron chi connectivity index (χ0n) is 17.3. The summed E-state index contributed by atoms with van der Waals surface area (Å²) in [5, 5.41) is 2.58. The summed E-state index contributed by atoms with van der Waals surface area (Å²) in [6.45, 7) is 3.22. The minimum Gasteiger partial charge on any atom is -0.456 e. The minimum atomic E-state index is -0.554. The van der Waals surface area contributed by atoms with Crippen LogP contribution >= 0.6 is 0 Å². The van der Waals surface area contributed by atoms with Crippen LogP contribution in [0.25, 0.3) is 5.69 Å². The number of nitrogens with one attached hydrogen (secondary N) is 1. The highest BCUT2D eigenvalue weighted by Crippen LogP contribution is 2.19. The van der Waals surface area contributed by atoms with Gasteiger partial charge < -0.3 is 10.1 Å². The summed E-state index contributed by atoms with van der Waals surface area (Å²) >= 11 is 0. The Bertz CT molecular complexity index is 1080. The number of nitrogens with zero attached hydrogens (tertiary/aromatic N) is 2. The van der Waals surface area contributed by atoms with Gasteiger partial charge in [-0.05, 0) is 30.5 Å². The lowest BCUT2D eigenvalue weighted by molar-refractivity contribution is -0.147. The molecule has 0 fully saturated rings. The largest absolute Gasteiger partial charge is 0.456 e. The number of anilines is 1. The normalized spacial score (nSPS) is 11.7. The molecular formula is C23H25N3O4. The van der Waals surface area contributed by atoms with E-state index in [0.29, 0.717) is 11.4 Å². The maximum Gasteiger partial charge on any atom is 0.306 e. The molecule has 1 unspecified atom stereocenters. The van der Waals surface area contributed by atoms with Crippen LogP contribution in [0.3, 0.4) is 0 Å². The first-order valence-corrected chi connectivity index (χ1v) is 9.73. The predicted octanol–water partition coefficient (Wildman–Crippen LogP) is 3.16. The van der Waals surface area contributed by atoms with Gasteiger partial charge in [-0.1, -0.05) is 55.5 Å². The molecule has 0 aliphatic heterocycles. The van der Waals surface area contributed by atoms with Gasteiger partial charge in [0.05, 0.1) is 17.8 Å². The van der Waals surface area contributed by atoms with Gasteiger partial charge in [0.25, 0.3) is 11.5 Å². The lowest BCUT2D eigenvalue weighted by Crippen LogP contribution is -2.26. The third-order valence-electron chi connectivity index (χ3n) is 5.02. The molecule has 7 nitrogen and oxygen atoms in total. The molecule has 0 aliphatic carbocycles. The second-order valence-corrected chi connectivity index (χ2v) is 7.16. The average Bonchev–Trinajstić information content (AvgIpc) is 2.96. The first kappa shape index (κ1) is 21.1. The van der Waals surface area contributed by atoms with Gasteiger partial charge in [0.2, 0.25) is 0 Å². The average molecular weight is 407 g/mol. The van der Waals surface area contributed by atoms with Crippen LogP contribution in [-0.4, -0.2) is 27.8 Å². The Labute approximate surface area is 174 Å². The summed E-state index contributed by atoms with van der Waals surface area (Å²) in [6.07, 6.45) is 0.169. The van der Waals surface area contributed by atoms with E-state index >= 15 is 0 Å². The number of rotatable bonds is 7. The van der Waals surface area contributed by atoms with E-state index in [9.17, 15) is 14.4 Å². The fourth-order valence-electron chi connectivity index (χ4n) is 3.24. The number of esters is 1. The molecule has 1 amide bonds. The fourth-order valence-corrected chi connectivity index (χ4v) is 3.24. The van der Waals surface area contributed by atoms with Gasteiger partial charge in [0, 0.05) is 7.05 Å². The van der Waals surface area contributed by atoms with Crippen LogP contribution in [0.4, 0.5) is 5.69 Å². The first-order valence-electron chi connectivity index (χ1n) is 9.73.